The van der Waals surface area contributed by atoms with Gasteiger partial charge in [-0.15, -0.1) is 0 Å². The number of para-hydroxylation sites is 3. The number of halogens is 1. The molecule has 160 valence electrons. The second kappa shape index (κ2) is 8.39. The maximum Gasteiger partial charge on any atom is 0.264 e. The molecule has 8 heteroatoms. The van der Waals surface area contributed by atoms with Gasteiger partial charge in [0.15, 0.2) is 0 Å². The number of methoxy groups -OCH3 is 1. The van der Waals surface area contributed by atoms with Gasteiger partial charge in [-0.25, -0.2) is 12.8 Å². The monoisotopic (exact) mass is 440 g/mol. The fourth-order valence-electron chi connectivity index (χ4n) is 3.65. The number of rotatable bonds is 5. The fourth-order valence-corrected chi connectivity index (χ4v) is 5.22. The van der Waals surface area contributed by atoms with Gasteiger partial charge in [0.2, 0.25) is 0 Å². The Labute approximate surface area is 180 Å². The van der Waals surface area contributed by atoms with Crippen molar-refractivity contribution in [2.45, 2.75) is 17.7 Å². The van der Waals surface area contributed by atoms with Gasteiger partial charge >= 0.3 is 0 Å². The Morgan fingerprint density at radius 3 is 2.61 bits per heavy atom. The van der Waals surface area contributed by atoms with E-state index in [0.29, 0.717) is 30.1 Å². The van der Waals surface area contributed by atoms with Gasteiger partial charge in [0.1, 0.15) is 11.6 Å². The van der Waals surface area contributed by atoms with E-state index < -0.39 is 21.7 Å². The summed E-state index contributed by atoms with van der Waals surface area (Å²) >= 11 is 0. The molecule has 0 bridgehead atoms. The average molecular weight is 440 g/mol. The number of fused-ring (bicyclic) bond motifs is 1. The molecule has 6 nitrogen and oxygen atoms in total. The molecule has 0 fully saturated rings. The fraction of sp³-hybridized carbons (Fsp3) is 0.174. The van der Waals surface area contributed by atoms with Crippen molar-refractivity contribution in [3.63, 3.8) is 0 Å². The second-order valence-electron chi connectivity index (χ2n) is 7.11. The van der Waals surface area contributed by atoms with Gasteiger partial charge in [0, 0.05) is 6.54 Å². The van der Waals surface area contributed by atoms with Crippen LogP contribution in [-0.4, -0.2) is 28.0 Å². The zero-order valence-corrected chi connectivity index (χ0v) is 17.7. The number of nitrogens with zero attached hydrogens (tertiary/aromatic N) is 1. The van der Waals surface area contributed by atoms with E-state index in [2.05, 4.69) is 5.32 Å². The predicted octanol–water partition coefficient (Wildman–Crippen LogP) is 4.23. The van der Waals surface area contributed by atoms with E-state index in [1.54, 1.807) is 36.4 Å². The van der Waals surface area contributed by atoms with E-state index in [1.807, 2.05) is 12.1 Å². The lowest BCUT2D eigenvalue weighted by Crippen LogP contribution is -2.35. The molecule has 0 atom stereocenters. The molecule has 1 N–H and O–H groups in total. The van der Waals surface area contributed by atoms with Crippen LogP contribution in [0.3, 0.4) is 0 Å². The number of nitrogens with one attached hydrogen (secondary N) is 1. The third-order valence-corrected chi connectivity index (χ3v) is 7.00. The molecule has 0 saturated heterocycles. The number of hydrogen-bond donors (Lipinski definition) is 1. The molecule has 31 heavy (non-hydrogen) atoms. The highest BCUT2D eigenvalue weighted by atomic mass is 32.2. The Balaban J connectivity index is 1.69. The number of aryl methyl sites for hydroxylation is 1. The largest absolute Gasteiger partial charge is 0.495 e. The van der Waals surface area contributed by atoms with Crippen molar-refractivity contribution in [1.29, 1.82) is 0 Å². The summed E-state index contributed by atoms with van der Waals surface area (Å²) in [5.74, 6) is -1.17. The van der Waals surface area contributed by atoms with E-state index in [1.165, 1.54) is 17.5 Å². The minimum atomic E-state index is -3.97. The standard InChI is InChI=1S/C23H21FN2O4S/c1-30-22-11-5-3-9-20(22)25-23(27)18-15-17(12-13-19(18)24)31(28,29)26-14-6-8-16-7-2-4-10-21(16)26/h2-5,7,9-13,15H,6,8,14H2,1H3,(H,25,27). The Hall–Kier alpha value is -3.39. The van der Waals surface area contributed by atoms with E-state index in [4.69, 9.17) is 4.74 Å². The molecule has 0 unspecified atom stereocenters. The van der Waals surface area contributed by atoms with Crippen molar-refractivity contribution in [3.05, 3.63) is 83.7 Å². The molecular weight excluding hydrogens is 419 g/mol. The van der Waals surface area contributed by atoms with Crippen LogP contribution in [0.25, 0.3) is 0 Å². The summed E-state index contributed by atoms with van der Waals surface area (Å²) < 4.78 is 47.7. The Kier molecular flexibility index (Phi) is 5.65. The minimum absolute atomic E-state index is 0.143. The van der Waals surface area contributed by atoms with Crippen LogP contribution in [-0.2, 0) is 16.4 Å². The molecule has 0 radical (unpaired) electrons. The molecule has 0 aromatic heterocycles. The molecule has 3 aromatic rings. The molecular formula is C23H21FN2O4S. The van der Waals surface area contributed by atoms with Crippen LogP contribution in [0.2, 0.25) is 0 Å². The van der Waals surface area contributed by atoms with E-state index in [-0.39, 0.29) is 10.5 Å². The zero-order chi connectivity index (χ0) is 22.0. The van der Waals surface area contributed by atoms with Crippen molar-refractivity contribution < 1.29 is 22.3 Å². The normalized spacial score (nSPS) is 13.4. The number of carbonyl (C=O) groups excluding carboxylic acids is 1. The molecule has 1 aliphatic rings. The zero-order valence-electron chi connectivity index (χ0n) is 16.8. The van der Waals surface area contributed by atoms with Crippen LogP contribution in [0.5, 0.6) is 5.75 Å². The first-order valence-electron chi connectivity index (χ1n) is 9.76. The van der Waals surface area contributed by atoms with Gasteiger partial charge in [-0.2, -0.15) is 0 Å². The number of amides is 1. The first-order chi connectivity index (χ1) is 14.9. The quantitative estimate of drug-likeness (QED) is 0.644. The Bertz CT molecular complexity index is 1240. The molecule has 3 aromatic carbocycles. The van der Waals surface area contributed by atoms with Crippen LogP contribution in [0.1, 0.15) is 22.3 Å². The molecule has 1 heterocycles. The van der Waals surface area contributed by atoms with E-state index in [0.717, 1.165) is 24.1 Å². The van der Waals surface area contributed by atoms with Crippen LogP contribution in [0.4, 0.5) is 15.8 Å². The molecule has 1 aliphatic heterocycles. The molecule has 0 spiro atoms. The van der Waals surface area contributed by atoms with Crippen molar-refractivity contribution in [2.24, 2.45) is 0 Å². The lowest BCUT2D eigenvalue weighted by atomic mass is 10.0. The number of ether oxygens (including phenoxy) is 1. The number of benzene rings is 3. The highest BCUT2D eigenvalue weighted by molar-refractivity contribution is 7.92. The maximum absolute atomic E-state index is 14.5. The van der Waals surface area contributed by atoms with Crippen LogP contribution in [0.15, 0.2) is 71.6 Å². The lowest BCUT2D eigenvalue weighted by Gasteiger charge is -2.30. The maximum atomic E-state index is 14.5. The first-order valence-corrected chi connectivity index (χ1v) is 11.2. The summed E-state index contributed by atoms with van der Waals surface area (Å²) in [5.41, 5.74) is 1.54. The summed E-state index contributed by atoms with van der Waals surface area (Å²) in [5, 5.41) is 2.58. The topological polar surface area (TPSA) is 75.7 Å². The predicted molar refractivity (Wildman–Crippen MR) is 117 cm³/mol. The number of hydrogen-bond acceptors (Lipinski definition) is 4. The number of sulfonamides is 1. The van der Waals surface area contributed by atoms with Crippen molar-refractivity contribution in [2.75, 3.05) is 23.3 Å². The van der Waals surface area contributed by atoms with Crippen LogP contribution < -0.4 is 14.4 Å². The van der Waals surface area contributed by atoms with Gasteiger partial charge in [0.25, 0.3) is 15.9 Å². The molecule has 1 amide bonds. The van der Waals surface area contributed by atoms with Gasteiger partial charge in [0.05, 0.1) is 28.9 Å². The van der Waals surface area contributed by atoms with Crippen LogP contribution >= 0.6 is 0 Å². The smallest absolute Gasteiger partial charge is 0.264 e. The minimum Gasteiger partial charge on any atom is -0.495 e. The second-order valence-corrected chi connectivity index (χ2v) is 8.97. The van der Waals surface area contributed by atoms with Crippen molar-refractivity contribution >= 4 is 27.3 Å². The Morgan fingerprint density at radius 1 is 1.06 bits per heavy atom. The molecule has 0 saturated carbocycles. The summed E-state index contributed by atoms with van der Waals surface area (Å²) in [6, 6.07) is 17.3. The summed E-state index contributed by atoms with van der Waals surface area (Å²) in [4.78, 5) is 12.6. The van der Waals surface area contributed by atoms with Gasteiger partial charge < -0.3 is 10.1 Å². The van der Waals surface area contributed by atoms with Crippen LogP contribution in [0, 0.1) is 5.82 Å². The highest BCUT2D eigenvalue weighted by Crippen LogP contribution is 2.32. The van der Waals surface area contributed by atoms with Crippen molar-refractivity contribution in [3.8, 4) is 5.75 Å². The lowest BCUT2D eigenvalue weighted by molar-refractivity contribution is 0.102. The number of carbonyl (C=O) groups is 1. The van der Waals surface area contributed by atoms with Gasteiger partial charge in [-0.1, -0.05) is 30.3 Å². The van der Waals surface area contributed by atoms with Gasteiger partial charge in [-0.3, -0.25) is 9.10 Å². The highest BCUT2D eigenvalue weighted by Gasteiger charge is 2.30. The number of anilines is 2. The van der Waals surface area contributed by atoms with E-state index in [9.17, 15) is 17.6 Å². The first kappa shape index (κ1) is 20.9. The third kappa shape index (κ3) is 3.98. The summed E-state index contributed by atoms with van der Waals surface area (Å²) in [7, 11) is -2.52. The average Bonchev–Trinajstić information content (AvgIpc) is 2.79. The van der Waals surface area contributed by atoms with Gasteiger partial charge in [-0.05, 0) is 54.8 Å². The molecule has 0 aliphatic carbocycles. The SMILES string of the molecule is COc1ccccc1NC(=O)c1cc(S(=O)(=O)N2CCCc3ccccc32)ccc1F. The molecule has 4 rings (SSSR count). The summed E-state index contributed by atoms with van der Waals surface area (Å²) in [6.07, 6.45) is 1.47. The Morgan fingerprint density at radius 2 is 1.81 bits per heavy atom. The third-order valence-electron chi connectivity index (χ3n) is 5.19. The summed E-state index contributed by atoms with van der Waals surface area (Å²) in [6.45, 7) is 0.319. The van der Waals surface area contributed by atoms with Crippen molar-refractivity contribution in [1.82, 2.24) is 0 Å². The van der Waals surface area contributed by atoms with E-state index >= 15 is 0 Å².